The molecule has 1 amide bonds. The zero-order valence-corrected chi connectivity index (χ0v) is 17.0. The smallest absolute Gasteiger partial charge is 0.238 e. The number of aryl methyl sites for hydroxylation is 1. The highest BCUT2D eigenvalue weighted by molar-refractivity contribution is 7.89. The number of benzene rings is 2. The maximum Gasteiger partial charge on any atom is 0.238 e. The van der Waals surface area contributed by atoms with Crippen LogP contribution in [0.15, 0.2) is 53.4 Å². The quantitative estimate of drug-likeness (QED) is 0.632. The summed E-state index contributed by atoms with van der Waals surface area (Å²) in [6.45, 7) is 6.01. The summed E-state index contributed by atoms with van der Waals surface area (Å²) in [5.74, 6) is 0.480. The summed E-state index contributed by atoms with van der Waals surface area (Å²) in [6.07, 6.45) is 0.917. The first-order chi connectivity index (χ1) is 13.3. The number of para-hydroxylation sites is 1. The summed E-state index contributed by atoms with van der Waals surface area (Å²) in [5, 5.41) is 8.02. The van der Waals surface area contributed by atoms with Gasteiger partial charge in [-0.25, -0.2) is 13.6 Å². The molecule has 0 aliphatic heterocycles. The molecule has 2 aromatic rings. The summed E-state index contributed by atoms with van der Waals surface area (Å²) >= 11 is 0. The van der Waals surface area contributed by atoms with Gasteiger partial charge in [-0.05, 0) is 55.8 Å². The summed E-state index contributed by atoms with van der Waals surface area (Å²) < 4.78 is 28.2. The molecule has 0 bridgehead atoms. The van der Waals surface area contributed by atoms with Gasteiger partial charge in [0.25, 0.3) is 0 Å². The molecule has 0 saturated heterocycles. The number of ether oxygens (including phenoxy) is 1. The van der Waals surface area contributed by atoms with Crippen molar-refractivity contribution in [2.75, 3.05) is 31.6 Å². The van der Waals surface area contributed by atoms with E-state index in [0.29, 0.717) is 18.9 Å². The summed E-state index contributed by atoms with van der Waals surface area (Å²) in [6, 6.07) is 13.6. The normalized spacial score (nSPS) is 11.4. The summed E-state index contributed by atoms with van der Waals surface area (Å²) in [5.41, 5.74) is 1.83. The molecule has 0 atom stereocenters. The number of nitrogens with two attached hydrogens (primary N) is 1. The molecular formula is C20H27N3O4S. The lowest BCUT2D eigenvalue weighted by Crippen LogP contribution is -2.36. The Hall–Kier alpha value is -2.42. The fraction of sp³-hybridized carbons (Fsp3) is 0.350. The van der Waals surface area contributed by atoms with Crippen molar-refractivity contribution in [2.24, 2.45) is 5.14 Å². The summed E-state index contributed by atoms with van der Waals surface area (Å²) in [7, 11) is -3.71. The van der Waals surface area contributed by atoms with Crippen LogP contribution < -0.4 is 15.2 Å². The van der Waals surface area contributed by atoms with Crippen LogP contribution in [0.3, 0.4) is 0 Å². The molecule has 7 nitrogen and oxygen atoms in total. The van der Waals surface area contributed by atoms with E-state index in [9.17, 15) is 13.2 Å². The molecule has 0 heterocycles. The first-order valence-corrected chi connectivity index (χ1v) is 10.7. The van der Waals surface area contributed by atoms with Gasteiger partial charge in [0.05, 0.1) is 11.4 Å². The second-order valence-corrected chi connectivity index (χ2v) is 8.07. The van der Waals surface area contributed by atoms with E-state index < -0.39 is 10.0 Å². The van der Waals surface area contributed by atoms with Gasteiger partial charge >= 0.3 is 0 Å². The van der Waals surface area contributed by atoms with Gasteiger partial charge in [-0.15, -0.1) is 0 Å². The molecule has 0 unspecified atom stereocenters. The Morgan fingerprint density at radius 1 is 1.11 bits per heavy atom. The molecule has 0 saturated carbocycles. The molecule has 0 aliphatic rings. The molecule has 0 spiro atoms. The lowest BCUT2D eigenvalue weighted by Gasteiger charge is -2.21. The van der Waals surface area contributed by atoms with Gasteiger partial charge in [0.15, 0.2) is 0 Å². The van der Waals surface area contributed by atoms with Crippen LogP contribution in [0.1, 0.15) is 18.9 Å². The Morgan fingerprint density at radius 3 is 2.39 bits per heavy atom. The number of primary sulfonamides is 1. The number of rotatable bonds is 10. The fourth-order valence-corrected chi connectivity index (χ4v) is 3.23. The third-order valence-electron chi connectivity index (χ3n) is 4.15. The van der Waals surface area contributed by atoms with E-state index in [0.717, 1.165) is 24.2 Å². The van der Waals surface area contributed by atoms with E-state index in [1.807, 2.05) is 36.1 Å². The van der Waals surface area contributed by atoms with E-state index in [2.05, 4.69) is 12.2 Å². The van der Waals surface area contributed by atoms with E-state index in [-0.39, 0.29) is 17.3 Å². The SMILES string of the molecule is CCCN(CCOc1ccc(S(N)(=O)=O)cc1)CC(=O)Nc1ccccc1C. The number of carbonyl (C=O) groups excluding carboxylic acids is 1. The number of anilines is 1. The molecule has 2 aromatic carbocycles. The number of carbonyl (C=O) groups is 1. The Morgan fingerprint density at radius 2 is 1.79 bits per heavy atom. The second-order valence-electron chi connectivity index (χ2n) is 6.50. The number of hydrogen-bond donors (Lipinski definition) is 2. The first-order valence-electron chi connectivity index (χ1n) is 9.13. The molecule has 0 radical (unpaired) electrons. The molecule has 8 heteroatoms. The number of nitrogens with one attached hydrogen (secondary N) is 1. The van der Waals surface area contributed by atoms with Crippen LogP contribution in [-0.4, -0.2) is 45.5 Å². The average Bonchev–Trinajstić information content (AvgIpc) is 2.63. The van der Waals surface area contributed by atoms with Gasteiger partial charge in [-0.3, -0.25) is 9.69 Å². The van der Waals surface area contributed by atoms with Gasteiger partial charge < -0.3 is 10.1 Å². The molecule has 0 aromatic heterocycles. The lowest BCUT2D eigenvalue weighted by atomic mass is 10.2. The third-order valence-corrected chi connectivity index (χ3v) is 5.08. The van der Waals surface area contributed by atoms with Crippen LogP contribution in [0.5, 0.6) is 5.75 Å². The van der Waals surface area contributed by atoms with Crippen LogP contribution in [0.25, 0.3) is 0 Å². The Balaban J connectivity index is 1.85. The monoisotopic (exact) mass is 405 g/mol. The fourth-order valence-electron chi connectivity index (χ4n) is 2.71. The zero-order chi connectivity index (χ0) is 20.6. The predicted octanol–water partition coefficient (Wildman–Crippen LogP) is 2.37. The number of amides is 1. The van der Waals surface area contributed by atoms with Crippen molar-refractivity contribution in [3.8, 4) is 5.75 Å². The van der Waals surface area contributed by atoms with Crippen molar-refractivity contribution in [2.45, 2.75) is 25.2 Å². The molecule has 0 fully saturated rings. The third kappa shape index (κ3) is 6.95. The van der Waals surface area contributed by atoms with E-state index in [4.69, 9.17) is 9.88 Å². The lowest BCUT2D eigenvalue weighted by molar-refractivity contribution is -0.117. The minimum atomic E-state index is -3.71. The molecule has 152 valence electrons. The second kappa shape index (κ2) is 10.2. The minimum Gasteiger partial charge on any atom is -0.492 e. The van der Waals surface area contributed by atoms with Crippen LogP contribution in [0.2, 0.25) is 0 Å². The van der Waals surface area contributed by atoms with Gasteiger partial charge in [0.1, 0.15) is 12.4 Å². The van der Waals surface area contributed by atoms with E-state index >= 15 is 0 Å². The maximum absolute atomic E-state index is 12.4. The van der Waals surface area contributed by atoms with Crippen molar-refractivity contribution in [3.05, 3.63) is 54.1 Å². The van der Waals surface area contributed by atoms with Gasteiger partial charge in [0.2, 0.25) is 15.9 Å². The standard InChI is InChI=1S/C20H27N3O4S/c1-3-12-23(15-20(24)22-19-7-5-4-6-16(19)2)13-14-27-17-8-10-18(11-9-17)28(21,25)26/h4-11H,3,12-15H2,1-2H3,(H,22,24)(H2,21,25,26). The Labute approximate surface area is 166 Å². The van der Waals surface area contributed by atoms with Crippen molar-refractivity contribution in [1.82, 2.24) is 4.90 Å². The van der Waals surface area contributed by atoms with Crippen LogP contribution in [0.4, 0.5) is 5.69 Å². The average molecular weight is 406 g/mol. The highest BCUT2D eigenvalue weighted by Gasteiger charge is 2.12. The van der Waals surface area contributed by atoms with Gasteiger partial charge in [-0.1, -0.05) is 25.1 Å². The number of hydrogen-bond acceptors (Lipinski definition) is 5. The van der Waals surface area contributed by atoms with Crippen molar-refractivity contribution in [3.63, 3.8) is 0 Å². The zero-order valence-electron chi connectivity index (χ0n) is 16.2. The molecule has 0 aliphatic carbocycles. The van der Waals surface area contributed by atoms with Crippen molar-refractivity contribution >= 4 is 21.6 Å². The highest BCUT2D eigenvalue weighted by Crippen LogP contribution is 2.15. The van der Waals surface area contributed by atoms with Crippen molar-refractivity contribution < 1.29 is 17.9 Å². The van der Waals surface area contributed by atoms with Crippen molar-refractivity contribution in [1.29, 1.82) is 0 Å². The van der Waals surface area contributed by atoms with Crippen LogP contribution in [0, 0.1) is 6.92 Å². The topological polar surface area (TPSA) is 102 Å². The van der Waals surface area contributed by atoms with E-state index in [1.165, 1.54) is 12.1 Å². The number of sulfonamides is 1. The Bertz CT molecular complexity index is 883. The predicted molar refractivity (Wildman–Crippen MR) is 110 cm³/mol. The molecule has 3 N–H and O–H groups in total. The Kier molecular flexibility index (Phi) is 7.98. The van der Waals surface area contributed by atoms with Gasteiger partial charge in [0, 0.05) is 12.2 Å². The molecular weight excluding hydrogens is 378 g/mol. The maximum atomic E-state index is 12.4. The largest absolute Gasteiger partial charge is 0.492 e. The highest BCUT2D eigenvalue weighted by atomic mass is 32.2. The number of nitrogens with zero attached hydrogens (tertiary/aromatic N) is 1. The molecule has 2 rings (SSSR count). The summed E-state index contributed by atoms with van der Waals surface area (Å²) in [4.78, 5) is 14.4. The van der Waals surface area contributed by atoms with Crippen LogP contribution in [-0.2, 0) is 14.8 Å². The van der Waals surface area contributed by atoms with Crippen LogP contribution >= 0.6 is 0 Å². The first kappa shape index (κ1) is 21.9. The molecule has 28 heavy (non-hydrogen) atoms. The van der Waals surface area contributed by atoms with Gasteiger partial charge in [-0.2, -0.15) is 0 Å². The minimum absolute atomic E-state index is 0.0420. The van der Waals surface area contributed by atoms with E-state index in [1.54, 1.807) is 12.1 Å².